The molecular formula is C6H12O4S. The van der Waals surface area contributed by atoms with Crippen molar-refractivity contribution in [2.24, 2.45) is 0 Å². The third-order valence-corrected chi connectivity index (χ3v) is 2.22. The smallest absolute Gasteiger partial charge is 0.270 e. The zero-order chi connectivity index (χ0) is 8.91. The molecule has 0 bridgehead atoms. The van der Waals surface area contributed by atoms with Gasteiger partial charge in [0.05, 0.1) is 6.26 Å². The van der Waals surface area contributed by atoms with Gasteiger partial charge in [-0.3, -0.25) is 4.55 Å². The molecule has 0 aliphatic carbocycles. The lowest BCUT2D eigenvalue weighted by Crippen LogP contribution is -2.21. The molecule has 4 nitrogen and oxygen atoms in total. The summed E-state index contributed by atoms with van der Waals surface area (Å²) < 4.78 is 34.0. The van der Waals surface area contributed by atoms with Crippen LogP contribution >= 0.6 is 0 Å². The van der Waals surface area contributed by atoms with Crippen molar-refractivity contribution in [1.29, 1.82) is 0 Å². The predicted molar refractivity (Wildman–Crippen MR) is 41.8 cm³/mol. The van der Waals surface area contributed by atoms with Crippen LogP contribution in [0.5, 0.6) is 0 Å². The van der Waals surface area contributed by atoms with Gasteiger partial charge in [-0.2, -0.15) is 8.42 Å². The first-order valence-corrected chi connectivity index (χ1v) is 4.68. The Morgan fingerprint density at radius 3 is 2.55 bits per heavy atom. The summed E-state index contributed by atoms with van der Waals surface area (Å²) in [5.74, 6) is 0. The van der Waals surface area contributed by atoms with E-state index in [1.54, 1.807) is 13.0 Å². The minimum absolute atomic E-state index is 0.0246. The Bertz CT molecular complexity index is 217. The minimum Gasteiger partial charge on any atom is -0.500 e. The highest BCUT2D eigenvalue weighted by Gasteiger charge is 2.16. The zero-order valence-corrected chi connectivity index (χ0v) is 7.34. The van der Waals surface area contributed by atoms with Crippen LogP contribution in [0.25, 0.3) is 0 Å². The molecule has 0 saturated carbocycles. The summed E-state index contributed by atoms with van der Waals surface area (Å²) in [6.45, 7) is 3.10. The molecule has 0 spiro atoms. The van der Waals surface area contributed by atoms with Gasteiger partial charge in [0.25, 0.3) is 10.1 Å². The van der Waals surface area contributed by atoms with Gasteiger partial charge in [0.1, 0.15) is 11.9 Å². The molecule has 0 fully saturated rings. The van der Waals surface area contributed by atoms with E-state index in [1.807, 2.05) is 0 Å². The lowest BCUT2D eigenvalue weighted by atomic mass is 10.5. The van der Waals surface area contributed by atoms with E-state index in [0.29, 0.717) is 0 Å². The fraction of sp³-hybridized carbons (Fsp3) is 0.667. The van der Waals surface area contributed by atoms with Crippen molar-refractivity contribution in [3.05, 3.63) is 12.3 Å². The molecule has 0 aromatic heterocycles. The van der Waals surface area contributed by atoms with Gasteiger partial charge in [0.15, 0.2) is 0 Å². The van der Waals surface area contributed by atoms with Crippen LogP contribution in [0.4, 0.5) is 0 Å². The standard InChI is InChI=1S/C6H12O4S/c1-3-4-10-5-6(2)11(7,8)9/h3-4,6H,5H2,1-2H3,(H,7,8,9). The number of allylic oxidation sites excluding steroid dienone is 1. The van der Waals surface area contributed by atoms with Crippen LogP contribution in [-0.2, 0) is 14.9 Å². The average Bonchev–Trinajstić information content (AvgIpc) is 1.86. The first kappa shape index (κ1) is 10.4. The van der Waals surface area contributed by atoms with E-state index in [1.165, 1.54) is 13.2 Å². The van der Waals surface area contributed by atoms with E-state index in [4.69, 9.17) is 9.29 Å². The normalized spacial score (nSPS) is 15.2. The van der Waals surface area contributed by atoms with Crippen LogP contribution in [-0.4, -0.2) is 24.8 Å². The first-order valence-electron chi connectivity index (χ1n) is 3.17. The SMILES string of the molecule is CC=COCC(C)S(=O)(=O)O. The molecule has 0 rings (SSSR count). The van der Waals surface area contributed by atoms with Crippen molar-refractivity contribution in [1.82, 2.24) is 0 Å². The topological polar surface area (TPSA) is 63.6 Å². The van der Waals surface area contributed by atoms with Crippen LogP contribution < -0.4 is 0 Å². The van der Waals surface area contributed by atoms with Crippen LogP contribution in [0.3, 0.4) is 0 Å². The Balaban J connectivity index is 3.80. The molecule has 1 N–H and O–H groups in total. The molecule has 1 unspecified atom stereocenters. The average molecular weight is 180 g/mol. The third kappa shape index (κ3) is 4.80. The van der Waals surface area contributed by atoms with Crippen LogP contribution in [0.2, 0.25) is 0 Å². The summed E-state index contributed by atoms with van der Waals surface area (Å²) in [6.07, 6.45) is 3.01. The van der Waals surface area contributed by atoms with E-state index in [9.17, 15) is 8.42 Å². The summed E-state index contributed by atoms with van der Waals surface area (Å²) >= 11 is 0. The van der Waals surface area contributed by atoms with E-state index in [-0.39, 0.29) is 6.61 Å². The first-order chi connectivity index (χ1) is 4.98. The highest BCUT2D eigenvalue weighted by molar-refractivity contribution is 7.86. The van der Waals surface area contributed by atoms with Crippen molar-refractivity contribution < 1.29 is 17.7 Å². The summed E-state index contributed by atoms with van der Waals surface area (Å²) in [7, 11) is -3.94. The van der Waals surface area contributed by atoms with Crippen LogP contribution in [0.1, 0.15) is 13.8 Å². The van der Waals surface area contributed by atoms with Gasteiger partial charge in [0.2, 0.25) is 0 Å². The third-order valence-electron chi connectivity index (χ3n) is 1.07. The molecular weight excluding hydrogens is 168 g/mol. The molecule has 0 heterocycles. The molecule has 0 amide bonds. The Morgan fingerprint density at radius 1 is 1.64 bits per heavy atom. The van der Waals surface area contributed by atoms with Gasteiger partial charge < -0.3 is 4.74 Å². The van der Waals surface area contributed by atoms with Gasteiger partial charge in [-0.1, -0.05) is 6.08 Å². The zero-order valence-electron chi connectivity index (χ0n) is 6.52. The summed E-state index contributed by atoms with van der Waals surface area (Å²) in [6, 6.07) is 0. The Morgan fingerprint density at radius 2 is 2.18 bits per heavy atom. The van der Waals surface area contributed by atoms with Gasteiger partial charge in [0, 0.05) is 0 Å². The number of rotatable bonds is 4. The molecule has 0 aromatic carbocycles. The maximum absolute atomic E-state index is 10.4. The molecule has 0 saturated heterocycles. The Labute approximate surface area is 66.6 Å². The molecule has 1 atom stereocenters. The number of hydrogen-bond donors (Lipinski definition) is 1. The van der Waals surface area contributed by atoms with E-state index in [0.717, 1.165) is 0 Å². The number of ether oxygens (including phenoxy) is 1. The highest BCUT2D eigenvalue weighted by atomic mass is 32.2. The summed E-state index contributed by atoms with van der Waals surface area (Å²) in [5, 5.41) is -0.876. The molecule has 66 valence electrons. The van der Waals surface area contributed by atoms with E-state index >= 15 is 0 Å². The van der Waals surface area contributed by atoms with Crippen molar-refractivity contribution >= 4 is 10.1 Å². The summed E-state index contributed by atoms with van der Waals surface area (Å²) in [5.41, 5.74) is 0. The largest absolute Gasteiger partial charge is 0.500 e. The Kier molecular flexibility index (Phi) is 4.14. The summed E-state index contributed by atoms with van der Waals surface area (Å²) in [4.78, 5) is 0. The highest BCUT2D eigenvalue weighted by Crippen LogP contribution is 1.97. The van der Waals surface area contributed by atoms with Gasteiger partial charge in [-0.05, 0) is 13.8 Å². The minimum atomic E-state index is -3.94. The molecule has 5 heteroatoms. The number of hydrogen-bond acceptors (Lipinski definition) is 3. The van der Waals surface area contributed by atoms with Crippen molar-refractivity contribution in [2.75, 3.05) is 6.61 Å². The fourth-order valence-corrected chi connectivity index (χ4v) is 0.624. The second-order valence-electron chi connectivity index (χ2n) is 2.13. The lowest BCUT2D eigenvalue weighted by Gasteiger charge is -2.05. The van der Waals surface area contributed by atoms with E-state index in [2.05, 4.69) is 0 Å². The van der Waals surface area contributed by atoms with Crippen molar-refractivity contribution in [3.8, 4) is 0 Å². The second-order valence-corrected chi connectivity index (χ2v) is 3.96. The van der Waals surface area contributed by atoms with Crippen molar-refractivity contribution in [2.45, 2.75) is 19.1 Å². The second kappa shape index (κ2) is 4.35. The van der Waals surface area contributed by atoms with Gasteiger partial charge >= 0.3 is 0 Å². The fourth-order valence-electron chi connectivity index (χ4n) is 0.373. The van der Waals surface area contributed by atoms with Crippen LogP contribution in [0.15, 0.2) is 12.3 Å². The van der Waals surface area contributed by atoms with Crippen molar-refractivity contribution in [3.63, 3.8) is 0 Å². The maximum Gasteiger partial charge on any atom is 0.270 e. The maximum atomic E-state index is 10.4. The lowest BCUT2D eigenvalue weighted by molar-refractivity contribution is 0.246. The monoisotopic (exact) mass is 180 g/mol. The van der Waals surface area contributed by atoms with Crippen LogP contribution in [0, 0.1) is 0 Å². The molecule has 0 aliphatic heterocycles. The molecule has 0 radical (unpaired) electrons. The molecule has 0 aromatic rings. The van der Waals surface area contributed by atoms with Gasteiger partial charge in [-0.25, -0.2) is 0 Å². The molecule has 11 heavy (non-hydrogen) atoms. The van der Waals surface area contributed by atoms with E-state index < -0.39 is 15.4 Å². The molecule has 0 aliphatic rings. The van der Waals surface area contributed by atoms with Gasteiger partial charge in [-0.15, -0.1) is 0 Å². The quantitative estimate of drug-likeness (QED) is 0.513. The Hall–Kier alpha value is -0.550. The predicted octanol–water partition coefficient (Wildman–Crippen LogP) is 0.813.